The van der Waals surface area contributed by atoms with Crippen LogP contribution in [0.2, 0.25) is 0 Å². The largest absolute Gasteiger partial charge is 0.494 e. The summed E-state index contributed by atoms with van der Waals surface area (Å²) in [4.78, 5) is 0. The van der Waals surface area contributed by atoms with Gasteiger partial charge in [-0.25, -0.2) is 0 Å². The van der Waals surface area contributed by atoms with Crippen LogP contribution in [-0.4, -0.2) is 54.7 Å². The van der Waals surface area contributed by atoms with Crippen molar-refractivity contribution in [3.63, 3.8) is 0 Å². The SMILES string of the molecule is CC1(C)OB(B2OC(C)(C)C(C)(C)O2)OC1(C)C.Cc1cc(Br)cc(Nc2ccccc2)c1.Cc1cc(Nc2ccccc2)cc(B2OC(C)(C)C(C)(C)O2)c1. The molecule has 7 rings (SSSR count). The third-order valence-corrected chi connectivity index (χ3v) is 12.0. The Balaban J connectivity index is 0.000000165. The Hall–Kier alpha value is -3.09. The van der Waals surface area contributed by atoms with Gasteiger partial charge < -0.3 is 38.6 Å². The summed E-state index contributed by atoms with van der Waals surface area (Å²) >= 11 is 3.49. The van der Waals surface area contributed by atoms with Crippen molar-refractivity contribution >= 4 is 65.3 Å². The van der Waals surface area contributed by atoms with Crippen molar-refractivity contribution in [2.45, 2.75) is 131 Å². The smallest absolute Gasteiger partial charge is 0.405 e. The summed E-state index contributed by atoms with van der Waals surface area (Å²) in [5.74, 6) is 0. The first-order valence-electron chi connectivity index (χ1n) is 19.5. The molecule has 0 aromatic heterocycles. The number of hydrogen-bond acceptors (Lipinski definition) is 8. The molecule has 0 aliphatic carbocycles. The zero-order valence-corrected chi connectivity index (χ0v) is 37.4. The van der Waals surface area contributed by atoms with Crippen molar-refractivity contribution in [3.8, 4) is 0 Å². The fourth-order valence-corrected chi connectivity index (χ4v) is 6.79. The third kappa shape index (κ3) is 10.5. The minimum absolute atomic E-state index is 0.325. The highest BCUT2D eigenvalue weighted by Crippen LogP contribution is 2.43. The van der Waals surface area contributed by atoms with Crippen LogP contribution in [0.1, 0.15) is 94.2 Å². The Kier molecular flexibility index (Phi) is 13.1. The predicted molar refractivity (Wildman–Crippen MR) is 237 cm³/mol. The van der Waals surface area contributed by atoms with Crippen LogP contribution < -0.4 is 16.1 Å². The monoisotopic (exact) mass is 824 g/mol. The molecule has 3 aliphatic heterocycles. The lowest BCUT2D eigenvalue weighted by Crippen LogP contribution is -2.41. The van der Waals surface area contributed by atoms with Crippen LogP contribution in [0.5, 0.6) is 0 Å². The molecule has 8 nitrogen and oxygen atoms in total. The Bertz CT molecular complexity index is 1840. The maximum absolute atomic E-state index is 6.16. The maximum Gasteiger partial charge on any atom is 0.494 e. The molecule has 56 heavy (non-hydrogen) atoms. The van der Waals surface area contributed by atoms with Gasteiger partial charge in [-0.05, 0) is 168 Å². The maximum atomic E-state index is 6.16. The Morgan fingerprint density at radius 3 is 1.12 bits per heavy atom. The van der Waals surface area contributed by atoms with E-state index in [0.717, 1.165) is 32.7 Å². The average molecular weight is 825 g/mol. The van der Waals surface area contributed by atoms with Crippen LogP contribution in [0, 0.1) is 13.8 Å². The summed E-state index contributed by atoms with van der Waals surface area (Å²) in [7, 11) is -1.29. The van der Waals surface area contributed by atoms with Crippen LogP contribution in [0.3, 0.4) is 0 Å². The molecule has 0 bridgehead atoms. The number of anilines is 4. The summed E-state index contributed by atoms with van der Waals surface area (Å²) in [6, 6.07) is 33.0. The lowest BCUT2D eigenvalue weighted by atomic mass is 9.49. The first-order chi connectivity index (χ1) is 25.9. The van der Waals surface area contributed by atoms with Crippen molar-refractivity contribution in [3.05, 3.63) is 113 Å². The van der Waals surface area contributed by atoms with E-state index in [9.17, 15) is 0 Å². The van der Waals surface area contributed by atoms with Crippen molar-refractivity contribution in [1.82, 2.24) is 0 Å². The molecule has 0 amide bonds. The summed E-state index contributed by atoms with van der Waals surface area (Å²) in [6.45, 7) is 28.7. The van der Waals surface area contributed by atoms with Crippen LogP contribution in [-0.2, 0) is 27.9 Å². The molecule has 0 atom stereocenters. The normalized spacial score (nSPS) is 20.7. The topological polar surface area (TPSA) is 79.4 Å². The molecule has 3 aliphatic rings. The standard InChI is InChI=1S/C19H24BNO2.C13H12BrN.C12H24B2O4/c1-14-11-15(20-22-18(2,3)19(4,5)23-20)13-17(12-14)21-16-9-7-6-8-10-16;1-10-7-11(14)9-13(8-10)15-12-5-3-2-4-6-12;1-9(2)10(3,4)16-13(15-9)14-17-11(5,6)12(7,8)18-14/h6-13,21H,1-5H3;2-9,15H,1H3;1-8H3. The molecule has 12 heteroatoms. The zero-order chi connectivity index (χ0) is 41.3. The zero-order valence-electron chi connectivity index (χ0n) is 35.8. The molecule has 0 saturated carbocycles. The van der Waals surface area contributed by atoms with Crippen LogP contribution >= 0.6 is 15.9 Å². The number of halogens is 1. The van der Waals surface area contributed by atoms with E-state index in [0.29, 0.717) is 0 Å². The lowest BCUT2D eigenvalue weighted by molar-refractivity contribution is 0.00578. The second-order valence-corrected chi connectivity index (χ2v) is 18.9. The van der Waals surface area contributed by atoms with Gasteiger partial charge in [0.05, 0.1) is 33.6 Å². The molecular weight excluding hydrogens is 765 g/mol. The molecule has 0 spiro atoms. The van der Waals surface area contributed by atoms with Gasteiger partial charge in [-0.3, -0.25) is 0 Å². The second-order valence-electron chi connectivity index (χ2n) is 18.0. The number of hydrogen-bond donors (Lipinski definition) is 2. The molecule has 0 radical (unpaired) electrons. The molecule has 0 unspecified atom stereocenters. The quantitative estimate of drug-likeness (QED) is 0.186. The van der Waals surface area contributed by atoms with E-state index in [4.69, 9.17) is 27.9 Å². The van der Waals surface area contributed by atoms with Gasteiger partial charge in [-0.15, -0.1) is 0 Å². The minimum atomic E-state index is -0.476. The first kappa shape index (κ1) is 44.0. The van der Waals surface area contributed by atoms with E-state index in [2.05, 4.69) is 129 Å². The fraction of sp³-hybridized carbons (Fsp3) is 0.455. The Labute approximate surface area is 345 Å². The second kappa shape index (κ2) is 16.6. The van der Waals surface area contributed by atoms with Crippen LogP contribution in [0.25, 0.3) is 0 Å². The summed E-state index contributed by atoms with van der Waals surface area (Å²) in [6.07, 6.45) is 0. The van der Waals surface area contributed by atoms with E-state index >= 15 is 0 Å². The molecule has 298 valence electrons. The van der Waals surface area contributed by atoms with Gasteiger partial charge in [0.25, 0.3) is 0 Å². The van der Waals surface area contributed by atoms with Crippen molar-refractivity contribution in [2.75, 3.05) is 10.6 Å². The molecule has 2 N–H and O–H groups in total. The lowest BCUT2D eigenvalue weighted by Gasteiger charge is -2.32. The van der Waals surface area contributed by atoms with E-state index in [1.54, 1.807) is 0 Å². The molecule has 3 fully saturated rings. The van der Waals surface area contributed by atoms with E-state index in [1.807, 2.05) is 91.8 Å². The van der Waals surface area contributed by atoms with Crippen LogP contribution in [0.15, 0.2) is 102 Å². The van der Waals surface area contributed by atoms with E-state index in [-0.39, 0.29) is 40.7 Å². The highest BCUT2D eigenvalue weighted by Gasteiger charge is 2.63. The number of aryl methyl sites for hydroxylation is 2. The van der Waals surface area contributed by atoms with Crippen molar-refractivity contribution in [1.29, 1.82) is 0 Å². The van der Waals surface area contributed by atoms with Gasteiger partial charge in [-0.1, -0.05) is 58.4 Å². The molecular formula is C44H60B3BrN2O6. The minimum Gasteiger partial charge on any atom is -0.405 e. The molecule has 4 aromatic rings. The Morgan fingerprint density at radius 1 is 0.411 bits per heavy atom. The highest BCUT2D eigenvalue weighted by atomic mass is 79.9. The van der Waals surface area contributed by atoms with E-state index in [1.165, 1.54) is 11.1 Å². The highest BCUT2D eigenvalue weighted by molar-refractivity contribution is 9.10. The first-order valence-corrected chi connectivity index (χ1v) is 20.3. The third-order valence-electron chi connectivity index (χ3n) is 11.6. The van der Waals surface area contributed by atoms with Gasteiger partial charge in [0.15, 0.2) is 0 Å². The van der Waals surface area contributed by atoms with Gasteiger partial charge in [0, 0.05) is 27.2 Å². The van der Waals surface area contributed by atoms with Gasteiger partial charge in [0.1, 0.15) is 0 Å². The summed E-state index contributed by atoms with van der Waals surface area (Å²) in [5, 5.41) is 6.79. The van der Waals surface area contributed by atoms with Gasteiger partial charge in [0.2, 0.25) is 0 Å². The van der Waals surface area contributed by atoms with Gasteiger partial charge in [-0.2, -0.15) is 0 Å². The van der Waals surface area contributed by atoms with E-state index < -0.39 is 14.0 Å². The number of benzene rings is 4. The van der Waals surface area contributed by atoms with Crippen molar-refractivity contribution in [2.24, 2.45) is 0 Å². The number of nitrogens with one attached hydrogen (secondary N) is 2. The summed E-state index contributed by atoms with van der Waals surface area (Å²) < 4.78 is 37.3. The number of para-hydroxylation sites is 2. The number of rotatable bonds is 6. The molecule has 3 heterocycles. The predicted octanol–water partition coefficient (Wildman–Crippen LogP) is 10.8. The fourth-order valence-electron chi connectivity index (χ4n) is 6.18. The average Bonchev–Trinajstić information content (AvgIpc) is 3.55. The van der Waals surface area contributed by atoms with Gasteiger partial charge >= 0.3 is 21.1 Å². The van der Waals surface area contributed by atoms with Crippen LogP contribution in [0.4, 0.5) is 22.7 Å². The molecule has 4 aromatic carbocycles. The summed E-state index contributed by atoms with van der Waals surface area (Å²) in [5.41, 5.74) is 5.69. The molecule has 3 saturated heterocycles. The Morgan fingerprint density at radius 2 is 0.750 bits per heavy atom. The van der Waals surface area contributed by atoms with Crippen molar-refractivity contribution < 1.29 is 27.9 Å².